The zero-order valence-electron chi connectivity index (χ0n) is 12.5. The first kappa shape index (κ1) is 14.9. The summed E-state index contributed by atoms with van der Waals surface area (Å²) in [5.41, 5.74) is 3.50. The third kappa shape index (κ3) is 3.09. The fraction of sp³-hybridized carbons (Fsp3) is 0.278. The second-order valence-corrected chi connectivity index (χ2v) is 5.89. The van der Waals surface area contributed by atoms with Crippen molar-refractivity contribution in [3.05, 3.63) is 64.2 Å². The molecule has 0 saturated heterocycles. The third-order valence-electron chi connectivity index (χ3n) is 4.05. The minimum atomic E-state index is 0.135. The number of carbonyl (C=O) groups is 1. The number of benzene rings is 2. The average Bonchev–Trinajstić information content (AvgIpc) is 2.54. The van der Waals surface area contributed by atoms with Gasteiger partial charge in [-0.3, -0.25) is 4.79 Å². The third-order valence-corrected chi connectivity index (χ3v) is 4.35. The summed E-state index contributed by atoms with van der Waals surface area (Å²) in [5, 5.41) is 0.539. The first-order valence-corrected chi connectivity index (χ1v) is 7.72. The molecule has 0 saturated carbocycles. The Morgan fingerprint density at radius 1 is 1.23 bits per heavy atom. The van der Waals surface area contributed by atoms with Gasteiger partial charge in [-0.25, -0.2) is 0 Å². The van der Waals surface area contributed by atoms with E-state index >= 15 is 0 Å². The molecule has 1 heterocycles. The topological polar surface area (TPSA) is 29.5 Å². The smallest absolute Gasteiger partial charge is 0.227 e. The number of halogens is 1. The van der Waals surface area contributed by atoms with E-state index in [9.17, 15) is 4.79 Å². The molecule has 0 N–H and O–H groups in total. The molecule has 0 unspecified atom stereocenters. The lowest BCUT2D eigenvalue weighted by Crippen LogP contribution is -2.36. The Hall–Kier alpha value is -2.00. The predicted molar refractivity (Wildman–Crippen MR) is 87.3 cm³/mol. The predicted octanol–water partition coefficient (Wildman–Crippen LogP) is 3.48. The summed E-state index contributed by atoms with van der Waals surface area (Å²) in [6.45, 7) is 1.47. The van der Waals surface area contributed by atoms with Gasteiger partial charge in [0.05, 0.1) is 18.6 Å². The molecule has 0 spiro atoms. The first-order valence-electron chi connectivity index (χ1n) is 7.34. The molecule has 2 aromatic carbocycles. The van der Waals surface area contributed by atoms with E-state index < -0.39 is 0 Å². The van der Waals surface area contributed by atoms with Crippen LogP contribution in [-0.2, 0) is 24.2 Å². The Bertz CT molecular complexity index is 699. The molecular formula is C18H18ClNO2. The summed E-state index contributed by atoms with van der Waals surface area (Å²) in [4.78, 5) is 14.4. The van der Waals surface area contributed by atoms with Gasteiger partial charge in [0, 0.05) is 13.1 Å². The van der Waals surface area contributed by atoms with Crippen molar-refractivity contribution in [3.63, 3.8) is 0 Å². The van der Waals surface area contributed by atoms with Crippen molar-refractivity contribution in [2.75, 3.05) is 13.7 Å². The van der Waals surface area contributed by atoms with E-state index in [-0.39, 0.29) is 5.91 Å². The zero-order valence-corrected chi connectivity index (χ0v) is 13.3. The van der Waals surface area contributed by atoms with Gasteiger partial charge in [0.1, 0.15) is 5.75 Å². The van der Waals surface area contributed by atoms with Crippen LogP contribution in [0.5, 0.6) is 5.75 Å². The molecular weight excluding hydrogens is 298 g/mol. The Morgan fingerprint density at radius 2 is 2.00 bits per heavy atom. The van der Waals surface area contributed by atoms with Gasteiger partial charge in [-0.2, -0.15) is 0 Å². The molecule has 0 aliphatic carbocycles. The number of hydrogen-bond acceptors (Lipinski definition) is 2. The van der Waals surface area contributed by atoms with E-state index in [1.165, 1.54) is 11.1 Å². The van der Waals surface area contributed by atoms with Gasteiger partial charge in [0.2, 0.25) is 5.91 Å². The quantitative estimate of drug-likeness (QED) is 0.868. The Kier molecular flexibility index (Phi) is 4.34. The van der Waals surface area contributed by atoms with Crippen LogP contribution in [0.3, 0.4) is 0 Å². The molecule has 114 valence electrons. The summed E-state index contributed by atoms with van der Waals surface area (Å²) in [5.74, 6) is 0.764. The van der Waals surface area contributed by atoms with E-state index in [2.05, 4.69) is 18.2 Å². The maximum Gasteiger partial charge on any atom is 0.227 e. The number of methoxy groups -OCH3 is 1. The molecule has 0 aromatic heterocycles. The summed E-state index contributed by atoms with van der Waals surface area (Å²) >= 11 is 6.12. The monoisotopic (exact) mass is 315 g/mol. The number of fused-ring (bicyclic) bond motifs is 1. The number of rotatable bonds is 3. The highest BCUT2D eigenvalue weighted by molar-refractivity contribution is 6.32. The van der Waals surface area contributed by atoms with Crippen LogP contribution >= 0.6 is 11.6 Å². The molecule has 1 amide bonds. The molecule has 0 radical (unpaired) electrons. The Morgan fingerprint density at radius 3 is 2.73 bits per heavy atom. The molecule has 22 heavy (non-hydrogen) atoms. The lowest BCUT2D eigenvalue weighted by atomic mass is 9.99. The highest BCUT2D eigenvalue weighted by Crippen LogP contribution is 2.26. The van der Waals surface area contributed by atoms with E-state index in [0.29, 0.717) is 23.7 Å². The van der Waals surface area contributed by atoms with Gasteiger partial charge in [0.25, 0.3) is 0 Å². The summed E-state index contributed by atoms with van der Waals surface area (Å²) in [6.07, 6.45) is 1.29. The molecule has 1 aliphatic heterocycles. The van der Waals surface area contributed by atoms with Crippen molar-refractivity contribution in [2.24, 2.45) is 0 Å². The van der Waals surface area contributed by atoms with Gasteiger partial charge < -0.3 is 9.64 Å². The minimum absolute atomic E-state index is 0.135. The summed E-state index contributed by atoms with van der Waals surface area (Å²) in [6, 6.07) is 13.8. The summed E-state index contributed by atoms with van der Waals surface area (Å²) < 4.78 is 5.13. The van der Waals surface area contributed by atoms with E-state index in [0.717, 1.165) is 18.5 Å². The van der Waals surface area contributed by atoms with Crippen molar-refractivity contribution >= 4 is 17.5 Å². The van der Waals surface area contributed by atoms with Gasteiger partial charge in [-0.05, 0) is 35.2 Å². The van der Waals surface area contributed by atoms with E-state index in [1.54, 1.807) is 19.2 Å². The fourth-order valence-corrected chi connectivity index (χ4v) is 3.10. The lowest BCUT2D eigenvalue weighted by molar-refractivity contribution is -0.131. The normalized spacial score (nSPS) is 13.6. The van der Waals surface area contributed by atoms with Crippen LogP contribution in [0.1, 0.15) is 16.7 Å². The molecule has 1 aliphatic rings. The first-order chi connectivity index (χ1) is 10.7. The number of carbonyl (C=O) groups excluding carboxylic acids is 1. The molecule has 3 rings (SSSR count). The van der Waals surface area contributed by atoms with Crippen LogP contribution in [0.15, 0.2) is 42.5 Å². The van der Waals surface area contributed by atoms with Crippen LogP contribution in [0, 0.1) is 0 Å². The van der Waals surface area contributed by atoms with Gasteiger partial charge >= 0.3 is 0 Å². The standard InChI is InChI=1S/C18H18ClNO2/c1-22-17-7-6-13(10-16(17)19)11-18(21)20-9-8-14-4-2-3-5-15(14)12-20/h2-7,10H,8-9,11-12H2,1H3. The highest BCUT2D eigenvalue weighted by Gasteiger charge is 2.20. The molecule has 0 atom stereocenters. The largest absolute Gasteiger partial charge is 0.495 e. The average molecular weight is 316 g/mol. The Balaban J connectivity index is 1.69. The van der Waals surface area contributed by atoms with E-state index in [4.69, 9.17) is 16.3 Å². The number of ether oxygens (including phenoxy) is 1. The van der Waals surface area contributed by atoms with Crippen molar-refractivity contribution in [1.82, 2.24) is 4.90 Å². The molecule has 0 fully saturated rings. The second kappa shape index (κ2) is 6.41. The second-order valence-electron chi connectivity index (χ2n) is 5.48. The molecule has 0 bridgehead atoms. The maximum absolute atomic E-state index is 12.5. The Labute approximate surface area is 135 Å². The lowest BCUT2D eigenvalue weighted by Gasteiger charge is -2.29. The highest BCUT2D eigenvalue weighted by atomic mass is 35.5. The van der Waals surface area contributed by atoms with Crippen LogP contribution in [0.25, 0.3) is 0 Å². The van der Waals surface area contributed by atoms with Gasteiger partial charge in [-0.1, -0.05) is 41.9 Å². The van der Waals surface area contributed by atoms with Crippen molar-refractivity contribution in [3.8, 4) is 5.75 Å². The maximum atomic E-state index is 12.5. The van der Waals surface area contributed by atoms with Gasteiger partial charge in [-0.15, -0.1) is 0 Å². The van der Waals surface area contributed by atoms with Crippen molar-refractivity contribution in [1.29, 1.82) is 0 Å². The van der Waals surface area contributed by atoms with Crippen LogP contribution in [0.4, 0.5) is 0 Å². The van der Waals surface area contributed by atoms with Crippen LogP contribution < -0.4 is 4.74 Å². The SMILES string of the molecule is COc1ccc(CC(=O)N2CCc3ccccc3C2)cc1Cl. The summed E-state index contributed by atoms with van der Waals surface area (Å²) in [7, 11) is 1.58. The van der Waals surface area contributed by atoms with Crippen molar-refractivity contribution in [2.45, 2.75) is 19.4 Å². The van der Waals surface area contributed by atoms with Gasteiger partial charge in [0.15, 0.2) is 0 Å². The van der Waals surface area contributed by atoms with Crippen LogP contribution in [-0.4, -0.2) is 24.5 Å². The molecule has 3 nitrogen and oxygen atoms in total. The van der Waals surface area contributed by atoms with Crippen LogP contribution in [0.2, 0.25) is 5.02 Å². The minimum Gasteiger partial charge on any atom is -0.495 e. The zero-order chi connectivity index (χ0) is 15.5. The molecule has 4 heteroatoms. The van der Waals surface area contributed by atoms with E-state index in [1.807, 2.05) is 17.0 Å². The fourth-order valence-electron chi connectivity index (χ4n) is 2.81. The number of nitrogens with zero attached hydrogens (tertiary/aromatic N) is 1. The van der Waals surface area contributed by atoms with Crippen molar-refractivity contribution < 1.29 is 9.53 Å². The number of hydrogen-bond donors (Lipinski definition) is 0. The molecule has 2 aromatic rings. The number of amides is 1.